The van der Waals surface area contributed by atoms with Crippen LogP contribution in [0.3, 0.4) is 0 Å². The highest BCUT2D eigenvalue weighted by Gasteiger charge is 2.37. The smallest absolute Gasteiger partial charge is 0.330 e. The Hall–Kier alpha value is -3.92. The molecular weight excluding hydrogens is 455 g/mol. The lowest BCUT2D eigenvalue weighted by atomic mass is 10.1. The molecule has 9 nitrogen and oxygen atoms in total. The van der Waals surface area contributed by atoms with E-state index in [1.807, 2.05) is 30.3 Å². The normalized spacial score (nSPS) is 11.3. The minimum absolute atomic E-state index is 0.0830. The van der Waals surface area contributed by atoms with Crippen molar-refractivity contribution >= 4 is 17.4 Å². The number of nitrogen functional groups attached to an aromatic ring is 1. The van der Waals surface area contributed by atoms with Crippen LogP contribution in [0.15, 0.2) is 64.2 Å². The van der Waals surface area contributed by atoms with E-state index in [4.69, 9.17) is 15.2 Å². The van der Waals surface area contributed by atoms with Crippen LogP contribution in [0.25, 0.3) is 0 Å². The van der Waals surface area contributed by atoms with Gasteiger partial charge in [-0.25, -0.2) is 9.18 Å². The van der Waals surface area contributed by atoms with Crippen molar-refractivity contribution in [2.24, 2.45) is 0 Å². The third kappa shape index (κ3) is 6.15. The van der Waals surface area contributed by atoms with E-state index in [-0.39, 0.29) is 30.3 Å². The second-order valence-corrected chi connectivity index (χ2v) is 8.43. The first-order valence-corrected chi connectivity index (χ1v) is 11.1. The molecule has 0 spiro atoms. The van der Waals surface area contributed by atoms with Crippen LogP contribution in [0, 0.1) is 5.82 Å². The number of anilines is 2. The fraction of sp³-hybridized carbons (Fsp3) is 0.320. The van der Waals surface area contributed by atoms with Crippen molar-refractivity contribution in [3.63, 3.8) is 0 Å². The van der Waals surface area contributed by atoms with Gasteiger partial charge in [-0.05, 0) is 50.1 Å². The molecule has 0 saturated heterocycles. The van der Waals surface area contributed by atoms with Crippen molar-refractivity contribution in [1.82, 2.24) is 9.55 Å². The number of nitrogens with zero attached hydrogens (tertiary/aromatic N) is 2. The third-order valence-electron chi connectivity index (χ3n) is 5.34. The third-order valence-corrected chi connectivity index (χ3v) is 5.34. The van der Waals surface area contributed by atoms with E-state index in [1.165, 1.54) is 54.7 Å². The molecule has 1 aromatic heterocycles. The first kappa shape index (κ1) is 25.7. The second-order valence-electron chi connectivity index (χ2n) is 8.43. The van der Waals surface area contributed by atoms with Gasteiger partial charge in [0.1, 0.15) is 17.4 Å². The first-order chi connectivity index (χ1) is 16.6. The maximum Gasteiger partial charge on any atom is 0.330 e. The minimum atomic E-state index is -1.45. The Morgan fingerprint density at radius 3 is 2.40 bits per heavy atom. The summed E-state index contributed by atoms with van der Waals surface area (Å²) in [5.41, 5.74) is 4.02. The zero-order chi connectivity index (χ0) is 25.6. The molecule has 0 radical (unpaired) electrons. The maximum atomic E-state index is 13.7. The standard InChI is InChI=1S/C25H29FN4O5/c1-25(2,35-19-12-10-18(26)11-13-19)23(32)29(14-7-15-34-3)20-21(27)30(24(33)28-22(20)31)16-17-8-5-4-6-9-17/h4-6,8-13H,7,14-16,27H2,1-3H3,(H,28,31,33). The van der Waals surface area contributed by atoms with Gasteiger partial charge in [0.2, 0.25) is 0 Å². The van der Waals surface area contributed by atoms with E-state index in [2.05, 4.69) is 4.98 Å². The average Bonchev–Trinajstić information content (AvgIpc) is 2.82. The van der Waals surface area contributed by atoms with Crippen LogP contribution in [0.1, 0.15) is 25.8 Å². The highest BCUT2D eigenvalue weighted by molar-refractivity contribution is 6.00. The second kappa shape index (κ2) is 11.0. The van der Waals surface area contributed by atoms with Crippen molar-refractivity contribution in [3.05, 3.63) is 86.8 Å². The number of benzene rings is 2. The number of amides is 1. The SMILES string of the molecule is COCCCN(C(=O)C(C)(C)Oc1ccc(F)cc1)c1c(N)n(Cc2ccccc2)c(=O)[nH]c1=O. The van der Waals surface area contributed by atoms with E-state index in [9.17, 15) is 18.8 Å². The number of hydrogen-bond donors (Lipinski definition) is 2. The minimum Gasteiger partial charge on any atom is -0.478 e. The number of aromatic amines is 1. The van der Waals surface area contributed by atoms with Crippen molar-refractivity contribution < 1.29 is 18.7 Å². The molecule has 35 heavy (non-hydrogen) atoms. The fourth-order valence-corrected chi connectivity index (χ4v) is 3.61. The summed E-state index contributed by atoms with van der Waals surface area (Å²) in [6.45, 7) is 3.58. The van der Waals surface area contributed by atoms with Gasteiger partial charge in [-0.3, -0.25) is 19.1 Å². The molecule has 0 unspecified atom stereocenters. The van der Waals surface area contributed by atoms with Gasteiger partial charge < -0.3 is 20.1 Å². The number of aromatic nitrogens is 2. The molecule has 10 heteroatoms. The van der Waals surface area contributed by atoms with Gasteiger partial charge in [0.25, 0.3) is 11.5 Å². The lowest BCUT2D eigenvalue weighted by Gasteiger charge is -2.32. The van der Waals surface area contributed by atoms with E-state index in [1.54, 1.807) is 0 Å². The van der Waals surface area contributed by atoms with Gasteiger partial charge in [0.15, 0.2) is 11.3 Å². The highest BCUT2D eigenvalue weighted by Crippen LogP contribution is 2.25. The number of rotatable bonds is 10. The topological polar surface area (TPSA) is 120 Å². The first-order valence-electron chi connectivity index (χ1n) is 11.1. The van der Waals surface area contributed by atoms with Gasteiger partial charge in [-0.1, -0.05) is 30.3 Å². The molecule has 0 atom stereocenters. The predicted octanol–water partition coefficient (Wildman–Crippen LogP) is 2.53. The molecule has 0 bridgehead atoms. The Morgan fingerprint density at radius 2 is 1.77 bits per heavy atom. The molecule has 1 amide bonds. The molecule has 3 N–H and O–H groups in total. The summed E-state index contributed by atoms with van der Waals surface area (Å²) in [6.07, 6.45) is 0.394. The van der Waals surface area contributed by atoms with Crippen LogP contribution >= 0.6 is 0 Å². The summed E-state index contributed by atoms with van der Waals surface area (Å²) in [5.74, 6) is -0.883. The summed E-state index contributed by atoms with van der Waals surface area (Å²) in [5, 5.41) is 0. The zero-order valence-electron chi connectivity index (χ0n) is 19.9. The molecular formula is C25H29FN4O5. The maximum absolute atomic E-state index is 13.7. The van der Waals surface area contributed by atoms with Crippen molar-refractivity contribution in [2.45, 2.75) is 32.4 Å². The number of nitrogens with two attached hydrogens (primary N) is 1. The number of ether oxygens (including phenoxy) is 2. The van der Waals surface area contributed by atoms with Crippen molar-refractivity contribution in [1.29, 1.82) is 0 Å². The Labute approximate surface area is 201 Å². The van der Waals surface area contributed by atoms with Crippen LogP contribution in [0.2, 0.25) is 0 Å². The fourth-order valence-electron chi connectivity index (χ4n) is 3.61. The van der Waals surface area contributed by atoms with Crippen LogP contribution in [-0.4, -0.2) is 41.3 Å². The summed E-state index contributed by atoms with van der Waals surface area (Å²) in [7, 11) is 1.52. The molecule has 1 heterocycles. The molecule has 0 fully saturated rings. The Kier molecular flexibility index (Phi) is 8.08. The molecule has 3 aromatic rings. The molecule has 0 aliphatic heterocycles. The molecule has 0 saturated carbocycles. The lowest BCUT2D eigenvalue weighted by Crippen LogP contribution is -2.52. The van der Waals surface area contributed by atoms with E-state index < -0.39 is 28.6 Å². The van der Waals surface area contributed by atoms with Crippen LogP contribution < -0.4 is 26.6 Å². The lowest BCUT2D eigenvalue weighted by molar-refractivity contribution is -0.131. The largest absolute Gasteiger partial charge is 0.478 e. The summed E-state index contributed by atoms with van der Waals surface area (Å²) >= 11 is 0. The quantitative estimate of drug-likeness (QED) is 0.427. The van der Waals surface area contributed by atoms with Gasteiger partial charge in [0, 0.05) is 20.3 Å². The number of carbonyl (C=O) groups is 1. The Balaban J connectivity index is 2.03. The van der Waals surface area contributed by atoms with Gasteiger partial charge in [-0.2, -0.15) is 0 Å². The number of carbonyl (C=O) groups excluding carboxylic acids is 1. The summed E-state index contributed by atoms with van der Waals surface area (Å²) < 4.78 is 25.5. The summed E-state index contributed by atoms with van der Waals surface area (Å²) in [6, 6.07) is 14.4. The van der Waals surface area contributed by atoms with Gasteiger partial charge >= 0.3 is 5.69 Å². The average molecular weight is 485 g/mol. The Bertz CT molecular complexity index is 1270. The van der Waals surface area contributed by atoms with Gasteiger partial charge in [0.05, 0.1) is 6.54 Å². The summed E-state index contributed by atoms with van der Waals surface area (Å²) in [4.78, 5) is 42.6. The molecule has 3 rings (SSSR count). The molecule has 0 aliphatic carbocycles. The highest BCUT2D eigenvalue weighted by atomic mass is 19.1. The van der Waals surface area contributed by atoms with E-state index in [0.717, 1.165) is 5.56 Å². The van der Waals surface area contributed by atoms with Crippen molar-refractivity contribution in [2.75, 3.05) is 30.9 Å². The van der Waals surface area contributed by atoms with E-state index >= 15 is 0 Å². The van der Waals surface area contributed by atoms with Crippen LogP contribution in [-0.2, 0) is 16.1 Å². The number of hydrogen-bond acceptors (Lipinski definition) is 6. The predicted molar refractivity (Wildman–Crippen MR) is 131 cm³/mol. The zero-order valence-corrected chi connectivity index (χ0v) is 19.9. The Morgan fingerprint density at radius 1 is 1.11 bits per heavy atom. The number of H-pyrrole nitrogens is 1. The monoisotopic (exact) mass is 484 g/mol. The number of methoxy groups -OCH3 is 1. The molecule has 186 valence electrons. The van der Waals surface area contributed by atoms with E-state index in [0.29, 0.717) is 13.0 Å². The van der Waals surface area contributed by atoms with Crippen molar-refractivity contribution in [3.8, 4) is 5.75 Å². The molecule has 2 aromatic carbocycles. The van der Waals surface area contributed by atoms with Gasteiger partial charge in [-0.15, -0.1) is 0 Å². The number of halogens is 1. The van der Waals surface area contributed by atoms with Crippen LogP contribution in [0.4, 0.5) is 15.9 Å². The van der Waals surface area contributed by atoms with Crippen LogP contribution in [0.5, 0.6) is 5.75 Å². The molecule has 0 aliphatic rings. The number of nitrogens with one attached hydrogen (secondary N) is 1.